The first-order chi connectivity index (χ1) is 10.1. The molecule has 0 radical (unpaired) electrons. The van der Waals surface area contributed by atoms with Gasteiger partial charge in [-0.15, -0.1) is 0 Å². The Balaban J connectivity index is 1.89. The van der Waals surface area contributed by atoms with Crippen molar-refractivity contribution in [1.82, 2.24) is 10.2 Å². The van der Waals surface area contributed by atoms with Crippen molar-refractivity contribution in [3.8, 4) is 5.75 Å². The van der Waals surface area contributed by atoms with Gasteiger partial charge in [-0.2, -0.15) is 8.78 Å². The normalized spacial score (nSPS) is 14.8. The predicted molar refractivity (Wildman–Crippen MR) is 75.6 cm³/mol. The summed E-state index contributed by atoms with van der Waals surface area (Å²) in [6.07, 6.45) is 2.07. The summed E-state index contributed by atoms with van der Waals surface area (Å²) in [6, 6.07) is 4.43. The molecule has 7 heteroatoms. The third kappa shape index (κ3) is 4.82. The van der Waals surface area contributed by atoms with Gasteiger partial charge in [0, 0.05) is 30.2 Å². The quantitative estimate of drug-likeness (QED) is 0.877. The lowest BCUT2D eigenvalue weighted by Crippen LogP contribution is -2.36. The maximum absolute atomic E-state index is 12.3. The topological polar surface area (TPSA) is 41.6 Å². The molecule has 1 aliphatic heterocycles. The summed E-state index contributed by atoms with van der Waals surface area (Å²) in [5.41, 5.74) is 0.497. The molecule has 1 amide bonds. The van der Waals surface area contributed by atoms with E-state index in [2.05, 4.69) is 10.1 Å². The van der Waals surface area contributed by atoms with Crippen molar-refractivity contribution in [3.05, 3.63) is 28.8 Å². The Bertz CT molecular complexity index is 494. The number of benzene rings is 1. The molecule has 0 saturated carbocycles. The molecule has 0 spiro atoms. The highest BCUT2D eigenvalue weighted by atomic mass is 35.5. The summed E-state index contributed by atoms with van der Waals surface area (Å²) in [7, 11) is 0. The summed E-state index contributed by atoms with van der Waals surface area (Å²) < 4.78 is 29.1. The van der Waals surface area contributed by atoms with E-state index in [0.29, 0.717) is 10.6 Å². The lowest BCUT2D eigenvalue weighted by atomic mass is 10.2. The molecule has 21 heavy (non-hydrogen) atoms. The van der Waals surface area contributed by atoms with Crippen molar-refractivity contribution in [3.63, 3.8) is 0 Å². The number of halogens is 3. The van der Waals surface area contributed by atoms with E-state index in [1.165, 1.54) is 12.1 Å². The zero-order valence-corrected chi connectivity index (χ0v) is 12.2. The van der Waals surface area contributed by atoms with Crippen molar-refractivity contribution in [1.29, 1.82) is 0 Å². The van der Waals surface area contributed by atoms with E-state index >= 15 is 0 Å². The standard InChI is InChI=1S/C14H17ClF2N2O2/c15-11-3-4-12(21-14(16)17)10(7-11)8-18-9-13(20)19-5-1-2-6-19/h3-4,7,14,18H,1-2,5-6,8-9H2. The van der Waals surface area contributed by atoms with Crippen molar-refractivity contribution < 1.29 is 18.3 Å². The maximum atomic E-state index is 12.3. The lowest BCUT2D eigenvalue weighted by molar-refractivity contribution is -0.129. The number of amides is 1. The van der Waals surface area contributed by atoms with Crippen LogP contribution < -0.4 is 10.1 Å². The monoisotopic (exact) mass is 318 g/mol. The number of alkyl halides is 2. The molecule has 0 unspecified atom stereocenters. The average molecular weight is 319 g/mol. The molecule has 1 heterocycles. The Morgan fingerprint density at radius 2 is 2.10 bits per heavy atom. The zero-order valence-electron chi connectivity index (χ0n) is 11.4. The molecule has 2 rings (SSSR count). The number of ether oxygens (including phenoxy) is 1. The van der Waals surface area contributed by atoms with Gasteiger partial charge in [-0.05, 0) is 31.0 Å². The molecule has 0 atom stereocenters. The second kappa shape index (κ2) is 7.56. The minimum atomic E-state index is -2.89. The Hall–Kier alpha value is -1.40. The first-order valence-electron chi connectivity index (χ1n) is 6.78. The van der Waals surface area contributed by atoms with Crippen LogP contribution in [0.2, 0.25) is 5.02 Å². The van der Waals surface area contributed by atoms with Gasteiger partial charge >= 0.3 is 6.61 Å². The van der Waals surface area contributed by atoms with Gasteiger partial charge in [0.25, 0.3) is 0 Å². The van der Waals surface area contributed by atoms with Crippen LogP contribution in [0.15, 0.2) is 18.2 Å². The largest absolute Gasteiger partial charge is 0.434 e. The number of carbonyl (C=O) groups excluding carboxylic acids is 1. The number of hydrogen-bond donors (Lipinski definition) is 1. The summed E-state index contributed by atoms with van der Waals surface area (Å²) in [4.78, 5) is 13.6. The van der Waals surface area contributed by atoms with Crippen LogP contribution in [-0.2, 0) is 11.3 Å². The average Bonchev–Trinajstić information content (AvgIpc) is 2.95. The van der Waals surface area contributed by atoms with Crippen molar-refractivity contribution >= 4 is 17.5 Å². The summed E-state index contributed by atoms with van der Waals surface area (Å²) in [5.74, 6) is 0.0846. The SMILES string of the molecule is O=C(CNCc1cc(Cl)ccc1OC(F)F)N1CCCC1. The van der Waals surface area contributed by atoms with Gasteiger partial charge < -0.3 is 15.0 Å². The molecule has 0 bridgehead atoms. The number of nitrogens with zero attached hydrogens (tertiary/aromatic N) is 1. The summed E-state index contributed by atoms with van der Waals surface area (Å²) in [5, 5.41) is 3.37. The highest BCUT2D eigenvalue weighted by molar-refractivity contribution is 6.30. The van der Waals surface area contributed by atoms with Crippen molar-refractivity contribution in [2.24, 2.45) is 0 Å². The fourth-order valence-electron chi connectivity index (χ4n) is 2.28. The molecule has 1 fully saturated rings. The van der Waals surface area contributed by atoms with Crippen molar-refractivity contribution in [2.45, 2.75) is 26.0 Å². The molecule has 1 aromatic rings. The molecule has 1 saturated heterocycles. The lowest BCUT2D eigenvalue weighted by Gasteiger charge is -2.16. The van der Waals surface area contributed by atoms with E-state index in [-0.39, 0.29) is 24.7 Å². The molecule has 0 aliphatic carbocycles. The molecular weight excluding hydrogens is 302 g/mol. The number of hydrogen-bond acceptors (Lipinski definition) is 3. The van der Waals surface area contributed by atoms with E-state index < -0.39 is 6.61 Å². The van der Waals surface area contributed by atoms with Crippen LogP contribution in [0.1, 0.15) is 18.4 Å². The third-order valence-corrected chi connectivity index (χ3v) is 3.52. The first-order valence-corrected chi connectivity index (χ1v) is 7.16. The van der Waals surface area contributed by atoms with E-state index in [1.54, 1.807) is 11.0 Å². The molecule has 0 aromatic heterocycles. The maximum Gasteiger partial charge on any atom is 0.387 e. The summed E-state index contributed by atoms with van der Waals surface area (Å²) in [6.45, 7) is -0.909. The second-order valence-electron chi connectivity index (χ2n) is 4.82. The molecule has 1 aromatic carbocycles. The van der Waals surface area contributed by atoms with Gasteiger partial charge in [0.05, 0.1) is 6.54 Å². The van der Waals surface area contributed by atoms with Gasteiger partial charge in [0.1, 0.15) is 5.75 Å². The zero-order chi connectivity index (χ0) is 15.2. The Kier molecular flexibility index (Phi) is 5.76. The van der Waals surface area contributed by atoms with E-state index in [9.17, 15) is 13.6 Å². The van der Waals surface area contributed by atoms with Gasteiger partial charge in [-0.25, -0.2) is 0 Å². The highest BCUT2D eigenvalue weighted by Crippen LogP contribution is 2.24. The van der Waals surface area contributed by atoms with Crippen LogP contribution in [0.25, 0.3) is 0 Å². The van der Waals surface area contributed by atoms with Crippen LogP contribution in [0.5, 0.6) is 5.75 Å². The van der Waals surface area contributed by atoms with Crippen LogP contribution >= 0.6 is 11.6 Å². The van der Waals surface area contributed by atoms with Gasteiger partial charge in [0.15, 0.2) is 0 Å². The minimum absolute atomic E-state index is 0.0193. The fourth-order valence-corrected chi connectivity index (χ4v) is 2.47. The van der Waals surface area contributed by atoms with E-state index in [1.807, 2.05) is 0 Å². The fraction of sp³-hybridized carbons (Fsp3) is 0.500. The van der Waals surface area contributed by atoms with Gasteiger partial charge in [-0.1, -0.05) is 11.6 Å². The number of likely N-dealkylation sites (tertiary alicyclic amines) is 1. The minimum Gasteiger partial charge on any atom is -0.434 e. The molecule has 1 N–H and O–H groups in total. The summed E-state index contributed by atoms with van der Waals surface area (Å²) >= 11 is 5.85. The highest BCUT2D eigenvalue weighted by Gasteiger charge is 2.17. The Morgan fingerprint density at radius 1 is 1.38 bits per heavy atom. The predicted octanol–water partition coefficient (Wildman–Crippen LogP) is 2.65. The molecular formula is C14H17ClF2N2O2. The Labute approximate surface area is 127 Å². The van der Waals surface area contributed by atoms with E-state index in [4.69, 9.17) is 11.6 Å². The van der Waals surface area contributed by atoms with Gasteiger partial charge in [0.2, 0.25) is 5.91 Å². The third-order valence-electron chi connectivity index (χ3n) is 3.29. The van der Waals surface area contributed by atoms with E-state index in [0.717, 1.165) is 25.9 Å². The smallest absolute Gasteiger partial charge is 0.387 e. The number of nitrogens with one attached hydrogen (secondary N) is 1. The number of carbonyl (C=O) groups is 1. The van der Waals surface area contributed by atoms with Crippen LogP contribution in [0, 0.1) is 0 Å². The van der Waals surface area contributed by atoms with Gasteiger partial charge in [-0.3, -0.25) is 4.79 Å². The second-order valence-corrected chi connectivity index (χ2v) is 5.26. The van der Waals surface area contributed by atoms with Crippen molar-refractivity contribution in [2.75, 3.05) is 19.6 Å². The number of rotatable bonds is 6. The van der Waals surface area contributed by atoms with Crippen LogP contribution in [-0.4, -0.2) is 37.1 Å². The van der Waals surface area contributed by atoms with Crippen LogP contribution in [0.3, 0.4) is 0 Å². The van der Waals surface area contributed by atoms with Crippen LogP contribution in [0.4, 0.5) is 8.78 Å². The Morgan fingerprint density at radius 3 is 2.76 bits per heavy atom. The molecule has 4 nitrogen and oxygen atoms in total. The molecule has 116 valence electrons. The first kappa shape index (κ1) is 16.0. The molecule has 1 aliphatic rings.